The molecule has 10 nitrogen and oxygen atoms in total. The van der Waals surface area contributed by atoms with E-state index in [4.69, 9.17) is 4.74 Å². The summed E-state index contributed by atoms with van der Waals surface area (Å²) >= 11 is 0. The largest absolute Gasteiger partial charge is 0.483 e. The molecule has 3 aromatic rings. The van der Waals surface area contributed by atoms with Gasteiger partial charge in [0.15, 0.2) is 0 Å². The Morgan fingerprint density at radius 2 is 1.41 bits per heavy atom. The summed E-state index contributed by atoms with van der Waals surface area (Å²) in [5, 5.41) is 28.2. The van der Waals surface area contributed by atoms with Crippen LogP contribution >= 0.6 is 0 Å². The Bertz CT molecular complexity index is 1300. The lowest BCUT2D eigenvalue weighted by atomic mass is 10.0. The zero-order valence-corrected chi connectivity index (χ0v) is 18.4. The number of nitrogens with one attached hydrogen (secondary N) is 2. The number of fused-ring (bicyclic) bond motifs is 1. The number of anilines is 2. The fourth-order valence-corrected chi connectivity index (χ4v) is 3.26. The van der Waals surface area contributed by atoms with E-state index in [-0.39, 0.29) is 17.0 Å². The van der Waals surface area contributed by atoms with Crippen LogP contribution in [0.3, 0.4) is 0 Å². The van der Waals surface area contributed by atoms with E-state index in [1.165, 1.54) is 36.4 Å². The van der Waals surface area contributed by atoms with Crippen molar-refractivity contribution in [3.8, 4) is 5.75 Å². The molecule has 0 aromatic heterocycles. The average molecular weight is 459 g/mol. The van der Waals surface area contributed by atoms with Gasteiger partial charge in [0.2, 0.25) is 5.96 Å². The van der Waals surface area contributed by atoms with Gasteiger partial charge in [-0.05, 0) is 62.4 Å². The Morgan fingerprint density at radius 3 is 2.03 bits per heavy atom. The van der Waals surface area contributed by atoms with Crippen molar-refractivity contribution in [3.05, 3.63) is 98.6 Å². The highest BCUT2D eigenvalue weighted by molar-refractivity contribution is 6.05. The van der Waals surface area contributed by atoms with Gasteiger partial charge in [-0.25, -0.2) is 4.99 Å². The van der Waals surface area contributed by atoms with Crippen molar-refractivity contribution in [2.45, 2.75) is 19.4 Å². The molecule has 0 saturated carbocycles. The third kappa shape index (κ3) is 5.36. The maximum atomic E-state index is 10.9. The van der Waals surface area contributed by atoms with Gasteiger partial charge in [-0.1, -0.05) is 6.08 Å². The lowest BCUT2D eigenvalue weighted by molar-refractivity contribution is -0.385. The SMILES string of the molecule is CC1(C)C=Cc2cc(NC(=Nc3ccc([N+](=O)[O-])cc3)Nc3ccc([N+](=O)[O-])cc3)ccc2O1. The Balaban J connectivity index is 1.63. The standard InChI is InChI=1S/C24H21N5O5/c1-24(2)14-13-16-15-19(7-12-22(16)34-24)27-23(25-17-3-8-20(9-4-17)28(30)31)26-18-5-10-21(11-6-18)29(32)33/h3-15H,1-2H3,(H2,25,26,27). The molecule has 0 fully saturated rings. The minimum absolute atomic E-state index is 0.0308. The Labute approximate surface area is 194 Å². The molecule has 0 saturated heterocycles. The van der Waals surface area contributed by atoms with Crippen LogP contribution in [0.15, 0.2) is 77.8 Å². The molecule has 0 spiro atoms. The number of benzene rings is 3. The van der Waals surface area contributed by atoms with Crippen LogP contribution in [-0.2, 0) is 0 Å². The minimum Gasteiger partial charge on any atom is -0.483 e. The first-order valence-electron chi connectivity index (χ1n) is 10.3. The third-order valence-electron chi connectivity index (χ3n) is 4.95. The number of rotatable bonds is 5. The van der Waals surface area contributed by atoms with Gasteiger partial charge in [0.05, 0.1) is 15.5 Å². The van der Waals surface area contributed by atoms with E-state index in [1.54, 1.807) is 12.1 Å². The van der Waals surface area contributed by atoms with Crippen molar-refractivity contribution in [1.29, 1.82) is 0 Å². The van der Waals surface area contributed by atoms with Crippen molar-refractivity contribution in [2.24, 2.45) is 4.99 Å². The van der Waals surface area contributed by atoms with Crippen LogP contribution in [-0.4, -0.2) is 21.4 Å². The number of nitrogens with zero attached hydrogens (tertiary/aromatic N) is 3. The average Bonchev–Trinajstić information content (AvgIpc) is 2.79. The van der Waals surface area contributed by atoms with Crippen LogP contribution in [0, 0.1) is 20.2 Å². The molecule has 3 aromatic carbocycles. The molecule has 1 heterocycles. The second-order valence-electron chi connectivity index (χ2n) is 8.08. The van der Waals surface area contributed by atoms with E-state index in [9.17, 15) is 20.2 Å². The zero-order valence-electron chi connectivity index (χ0n) is 18.4. The second kappa shape index (κ2) is 9.02. The van der Waals surface area contributed by atoms with Crippen molar-refractivity contribution < 1.29 is 14.6 Å². The number of guanidine groups is 1. The molecule has 0 unspecified atom stereocenters. The predicted octanol–water partition coefficient (Wildman–Crippen LogP) is 5.90. The number of nitro groups is 2. The minimum atomic E-state index is -0.480. The van der Waals surface area contributed by atoms with Crippen molar-refractivity contribution in [2.75, 3.05) is 10.6 Å². The highest BCUT2D eigenvalue weighted by Gasteiger charge is 2.21. The number of hydrogen-bond donors (Lipinski definition) is 2. The summed E-state index contributed by atoms with van der Waals surface area (Å²) in [5.74, 6) is 1.08. The molecular weight excluding hydrogens is 438 g/mol. The van der Waals surface area contributed by atoms with E-state index in [0.717, 1.165) is 17.0 Å². The molecule has 10 heteroatoms. The molecule has 0 bridgehead atoms. The van der Waals surface area contributed by atoms with Crippen LogP contribution in [0.1, 0.15) is 19.4 Å². The summed E-state index contributed by atoms with van der Waals surface area (Å²) < 4.78 is 5.96. The molecule has 4 rings (SSSR count). The van der Waals surface area contributed by atoms with Gasteiger partial charge in [0.25, 0.3) is 11.4 Å². The number of nitro benzene ring substituents is 2. The lowest BCUT2D eigenvalue weighted by Gasteiger charge is -2.28. The van der Waals surface area contributed by atoms with E-state index in [1.807, 2.05) is 44.2 Å². The molecule has 172 valence electrons. The molecule has 0 radical (unpaired) electrons. The molecule has 34 heavy (non-hydrogen) atoms. The maximum Gasteiger partial charge on any atom is 0.269 e. The normalized spacial score (nSPS) is 14.0. The molecule has 0 atom stereocenters. The molecule has 0 amide bonds. The van der Waals surface area contributed by atoms with Crippen molar-refractivity contribution >= 4 is 40.5 Å². The fourth-order valence-electron chi connectivity index (χ4n) is 3.26. The summed E-state index contributed by atoms with van der Waals surface area (Å²) in [6, 6.07) is 17.3. The van der Waals surface area contributed by atoms with Crippen LogP contribution < -0.4 is 15.4 Å². The first-order chi connectivity index (χ1) is 16.2. The zero-order chi connectivity index (χ0) is 24.3. The van der Waals surface area contributed by atoms with Crippen molar-refractivity contribution in [3.63, 3.8) is 0 Å². The summed E-state index contributed by atoms with van der Waals surface area (Å²) in [4.78, 5) is 25.4. The highest BCUT2D eigenvalue weighted by Crippen LogP contribution is 2.32. The van der Waals surface area contributed by atoms with Gasteiger partial charge in [0, 0.05) is 41.2 Å². The molecule has 0 aliphatic carbocycles. The maximum absolute atomic E-state index is 10.9. The monoisotopic (exact) mass is 459 g/mol. The number of aliphatic imine (C=N–C) groups is 1. The van der Waals surface area contributed by atoms with Gasteiger partial charge in [0.1, 0.15) is 11.4 Å². The van der Waals surface area contributed by atoms with E-state index in [0.29, 0.717) is 17.3 Å². The van der Waals surface area contributed by atoms with Gasteiger partial charge in [-0.15, -0.1) is 0 Å². The number of ether oxygens (including phenoxy) is 1. The summed E-state index contributed by atoms with van der Waals surface area (Å²) in [5.41, 5.74) is 2.21. The van der Waals surface area contributed by atoms with Crippen LogP contribution in [0.25, 0.3) is 6.08 Å². The number of hydrogen-bond acceptors (Lipinski definition) is 6. The first-order valence-corrected chi connectivity index (χ1v) is 10.3. The third-order valence-corrected chi connectivity index (χ3v) is 4.95. The fraction of sp³-hybridized carbons (Fsp3) is 0.125. The van der Waals surface area contributed by atoms with Crippen LogP contribution in [0.5, 0.6) is 5.75 Å². The van der Waals surface area contributed by atoms with E-state index in [2.05, 4.69) is 15.6 Å². The topological polar surface area (TPSA) is 132 Å². The smallest absolute Gasteiger partial charge is 0.269 e. The van der Waals surface area contributed by atoms with Crippen molar-refractivity contribution in [1.82, 2.24) is 0 Å². The van der Waals surface area contributed by atoms with Gasteiger partial charge in [-0.3, -0.25) is 20.2 Å². The Hall–Kier alpha value is -4.73. The van der Waals surface area contributed by atoms with Gasteiger partial charge < -0.3 is 15.4 Å². The second-order valence-corrected chi connectivity index (χ2v) is 8.08. The summed E-state index contributed by atoms with van der Waals surface area (Å²) in [6.45, 7) is 3.95. The lowest BCUT2D eigenvalue weighted by Crippen LogP contribution is -2.27. The quantitative estimate of drug-likeness (QED) is 0.210. The Kier molecular flexibility index (Phi) is 5.96. The summed E-state index contributed by atoms with van der Waals surface area (Å²) in [6.07, 6.45) is 3.96. The van der Waals surface area contributed by atoms with E-state index < -0.39 is 9.85 Å². The van der Waals surface area contributed by atoms with Crippen LogP contribution in [0.2, 0.25) is 0 Å². The van der Waals surface area contributed by atoms with Gasteiger partial charge >= 0.3 is 0 Å². The molecule has 2 N–H and O–H groups in total. The Morgan fingerprint density at radius 1 is 0.853 bits per heavy atom. The van der Waals surface area contributed by atoms with E-state index >= 15 is 0 Å². The predicted molar refractivity (Wildman–Crippen MR) is 131 cm³/mol. The molecule has 1 aliphatic heterocycles. The summed E-state index contributed by atoms with van der Waals surface area (Å²) in [7, 11) is 0. The molecule has 1 aliphatic rings. The van der Waals surface area contributed by atoms with Crippen LogP contribution in [0.4, 0.5) is 28.4 Å². The first kappa shape index (κ1) is 22.5. The molecular formula is C24H21N5O5. The van der Waals surface area contributed by atoms with Gasteiger partial charge in [-0.2, -0.15) is 0 Å². The highest BCUT2D eigenvalue weighted by atomic mass is 16.6. The number of non-ortho nitro benzene ring substituents is 2.